The van der Waals surface area contributed by atoms with Crippen LogP contribution < -0.4 is 10.1 Å². The van der Waals surface area contributed by atoms with E-state index in [-0.39, 0.29) is 30.4 Å². The SMILES string of the molecule is COC(CNC(=O)c1cc(COc2ccccc2F)on1)C(=O)O. The summed E-state index contributed by atoms with van der Waals surface area (Å²) in [5.74, 6) is -2.08. The Morgan fingerprint density at radius 2 is 2.17 bits per heavy atom. The molecule has 0 saturated carbocycles. The van der Waals surface area contributed by atoms with E-state index in [1.165, 1.54) is 31.4 Å². The minimum Gasteiger partial charge on any atom is -0.482 e. The third-order valence-electron chi connectivity index (χ3n) is 3.01. The zero-order chi connectivity index (χ0) is 17.5. The zero-order valence-electron chi connectivity index (χ0n) is 12.7. The monoisotopic (exact) mass is 338 g/mol. The van der Waals surface area contributed by atoms with Gasteiger partial charge in [-0.05, 0) is 12.1 Å². The van der Waals surface area contributed by atoms with Gasteiger partial charge in [0, 0.05) is 13.2 Å². The lowest BCUT2D eigenvalue weighted by Gasteiger charge is -2.10. The van der Waals surface area contributed by atoms with Crippen LogP contribution in [0.25, 0.3) is 0 Å². The summed E-state index contributed by atoms with van der Waals surface area (Å²) in [6, 6.07) is 7.17. The average molecular weight is 338 g/mol. The number of amides is 1. The molecule has 0 aliphatic rings. The first-order chi connectivity index (χ1) is 11.5. The van der Waals surface area contributed by atoms with E-state index in [1.807, 2.05) is 0 Å². The molecule has 0 radical (unpaired) electrons. The van der Waals surface area contributed by atoms with E-state index in [4.69, 9.17) is 14.4 Å². The Morgan fingerprint density at radius 1 is 1.42 bits per heavy atom. The Labute approximate surface area is 136 Å². The van der Waals surface area contributed by atoms with Crippen LogP contribution in [0.2, 0.25) is 0 Å². The van der Waals surface area contributed by atoms with Gasteiger partial charge >= 0.3 is 5.97 Å². The molecule has 128 valence electrons. The maximum atomic E-state index is 13.4. The first-order valence-corrected chi connectivity index (χ1v) is 6.88. The number of para-hydroxylation sites is 1. The highest BCUT2D eigenvalue weighted by atomic mass is 19.1. The summed E-state index contributed by atoms with van der Waals surface area (Å²) >= 11 is 0. The number of carbonyl (C=O) groups excluding carboxylic acids is 1. The molecule has 1 unspecified atom stereocenters. The Morgan fingerprint density at radius 3 is 2.83 bits per heavy atom. The summed E-state index contributed by atoms with van der Waals surface area (Å²) in [5, 5.41) is 14.7. The number of methoxy groups -OCH3 is 1. The molecule has 24 heavy (non-hydrogen) atoms. The van der Waals surface area contributed by atoms with Crippen LogP contribution in [-0.2, 0) is 16.1 Å². The lowest BCUT2D eigenvalue weighted by atomic mass is 10.3. The molecule has 2 rings (SSSR count). The molecule has 1 amide bonds. The Kier molecular flexibility index (Phi) is 5.85. The predicted molar refractivity (Wildman–Crippen MR) is 78.0 cm³/mol. The van der Waals surface area contributed by atoms with E-state index in [9.17, 15) is 14.0 Å². The minimum atomic E-state index is -1.20. The van der Waals surface area contributed by atoms with Crippen molar-refractivity contribution in [2.45, 2.75) is 12.7 Å². The largest absolute Gasteiger partial charge is 0.482 e. The molecule has 0 aliphatic carbocycles. The summed E-state index contributed by atoms with van der Waals surface area (Å²) in [7, 11) is 1.22. The number of rotatable bonds is 8. The number of aromatic nitrogens is 1. The molecule has 2 N–H and O–H groups in total. The number of carbonyl (C=O) groups is 2. The van der Waals surface area contributed by atoms with Gasteiger partial charge in [0.05, 0.1) is 6.54 Å². The molecule has 0 spiro atoms. The maximum Gasteiger partial charge on any atom is 0.334 e. The van der Waals surface area contributed by atoms with Crippen LogP contribution in [0.1, 0.15) is 16.2 Å². The van der Waals surface area contributed by atoms with Crippen molar-refractivity contribution in [3.05, 3.63) is 47.6 Å². The summed E-state index contributed by atoms with van der Waals surface area (Å²) in [6.45, 7) is -0.338. The van der Waals surface area contributed by atoms with Gasteiger partial charge in [0.2, 0.25) is 0 Å². The number of hydrogen-bond acceptors (Lipinski definition) is 6. The molecule has 9 heteroatoms. The van der Waals surface area contributed by atoms with Gasteiger partial charge in [-0.2, -0.15) is 0 Å². The van der Waals surface area contributed by atoms with Crippen molar-refractivity contribution in [1.29, 1.82) is 0 Å². The summed E-state index contributed by atoms with van der Waals surface area (Å²) in [6.07, 6.45) is -1.16. The highest BCUT2D eigenvalue weighted by Crippen LogP contribution is 2.17. The Bertz CT molecular complexity index is 717. The van der Waals surface area contributed by atoms with E-state index in [1.54, 1.807) is 6.07 Å². The third kappa shape index (κ3) is 4.53. The number of carboxylic acid groups (broad SMARTS) is 1. The summed E-state index contributed by atoms with van der Waals surface area (Å²) in [5.41, 5.74) is -0.0534. The lowest BCUT2D eigenvalue weighted by molar-refractivity contribution is -0.148. The molecular weight excluding hydrogens is 323 g/mol. The highest BCUT2D eigenvalue weighted by molar-refractivity contribution is 5.92. The van der Waals surface area contributed by atoms with Crippen LogP contribution in [0.3, 0.4) is 0 Å². The Balaban J connectivity index is 1.89. The van der Waals surface area contributed by atoms with Gasteiger partial charge in [0.15, 0.2) is 29.1 Å². The van der Waals surface area contributed by atoms with Crippen LogP contribution >= 0.6 is 0 Å². The fourth-order valence-corrected chi connectivity index (χ4v) is 1.75. The van der Waals surface area contributed by atoms with Gasteiger partial charge in [-0.25, -0.2) is 9.18 Å². The smallest absolute Gasteiger partial charge is 0.334 e. The van der Waals surface area contributed by atoms with Crippen LogP contribution in [0.5, 0.6) is 5.75 Å². The van der Waals surface area contributed by atoms with Gasteiger partial charge in [0.25, 0.3) is 5.91 Å². The van der Waals surface area contributed by atoms with Crippen molar-refractivity contribution >= 4 is 11.9 Å². The van der Waals surface area contributed by atoms with Crippen molar-refractivity contribution in [3.63, 3.8) is 0 Å². The number of carboxylic acids is 1. The number of aliphatic carboxylic acids is 1. The summed E-state index contributed by atoms with van der Waals surface area (Å²) < 4.78 is 28.2. The molecule has 0 bridgehead atoms. The van der Waals surface area contributed by atoms with E-state index in [0.717, 1.165) is 0 Å². The fourth-order valence-electron chi connectivity index (χ4n) is 1.75. The summed E-state index contributed by atoms with van der Waals surface area (Å²) in [4.78, 5) is 22.6. The number of ether oxygens (including phenoxy) is 2. The number of hydrogen-bond donors (Lipinski definition) is 2. The van der Waals surface area contributed by atoms with E-state index in [0.29, 0.717) is 0 Å². The Hall–Kier alpha value is -2.94. The van der Waals surface area contributed by atoms with Crippen molar-refractivity contribution in [1.82, 2.24) is 10.5 Å². The van der Waals surface area contributed by atoms with Crippen LogP contribution in [0, 0.1) is 5.82 Å². The molecule has 1 aromatic heterocycles. The lowest BCUT2D eigenvalue weighted by Crippen LogP contribution is -2.37. The molecule has 8 nitrogen and oxygen atoms in total. The predicted octanol–water partition coefficient (Wildman–Crippen LogP) is 1.22. The van der Waals surface area contributed by atoms with Crippen LogP contribution in [0.4, 0.5) is 4.39 Å². The van der Waals surface area contributed by atoms with Gasteiger partial charge in [0.1, 0.15) is 6.61 Å². The number of halogens is 1. The van der Waals surface area contributed by atoms with E-state index >= 15 is 0 Å². The second kappa shape index (κ2) is 8.06. The number of benzene rings is 1. The standard InChI is InChI=1S/C15H15FN2O6/c1-22-13(15(20)21)7-17-14(19)11-6-9(24-18-11)8-23-12-5-3-2-4-10(12)16/h2-6,13H,7-8H2,1H3,(H,17,19)(H,20,21). The minimum absolute atomic E-state index is 0.0456. The molecule has 0 aliphatic heterocycles. The van der Waals surface area contributed by atoms with Gasteiger partial charge in [-0.1, -0.05) is 17.3 Å². The second-order valence-corrected chi connectivity index (χ2v) is 4.67. The maximum absolute atomic E-state index is 13.4. The fraction of sp³-hybridized carbons (Fsp3) is 0.267. The molecule has 0 fully saturated rings. The van der Waals surface area contributed by atoms with Crippen molar-refractivity contribution in [3.8, 4) is 5.75 Å². The third-order valence-corrected chi connectivity index (χ3v) is 3.01. The highest BCUT2D eigenvalue weighted by Gasteiger charge is 2.19. The van der Waals surface area contributed by atoms with Gasteiger partial charge < -0.3 is 24.4 Å². The van der Waals surface area contributed by atoms with E-state index < -0.39 is 23.8 Å². The number of nitrogens with zero attached hydrogens (tertiary/aromatic N) is 1. The average Bonchev–Trinajstić information content (AvgIpc) is 3.03. The first kappa shape index (κ1) is 17.4. The molecule has 1 heterocycles. The molecule has 2 aromatic rings. The molecule has 0 saturated heterocycles. The normalized spacial score (nSPS) is 11.8. The molecule has 1 aromatic carbocycles. The molecule has 1 atom stereocenters. The number of nitrogens with one attached hydrogen (secondary N) is 1. The zero-order valence-corrected chi connectivity index (χ0v) is 12.7. The van der Waals surface area contributed by atoms with Crippen molar-refractivity contribution < 1.29 is 33.1 Å². The van der Waals surface area contributed by atoms with Crippen molar-refractivity contribution in [2.75, 3.05) is 13.7 Å². The van der Waals surface area contributed by atoms with E-state index in [2.05, 4.69) is 15.2 Å². The first-order valence-electron chi connectivity index (χ1n) is 6.88. The molecular formula is C15H15FN2O6. The van der Waals surface area contributed by atoms with Crippen LogP contribution in [-0.4, -0.2) is 41.9 Å². The van der Waals surface area contributed by atoms with Crippen LogP contribution in [0.15, 0.2) is 34.9 Å². The van der Waals surface area contributed by atoms with Crippen molar-refractivity contribution in [2.24, 2.45) is 0 Å². The quantitative estimate of drug-likeness (QED) is 0.744. The van der Waals surface area contributed by atoms with Gasteiger partial charge in [-0.3, -0.25) is 4.79 Å². The second-order valence-electron chi connectivity index (χ2n) is 4.67. The van der Waals surface area contributed by atoms with Gasteiger partial charge in [-0.15, -0.1) is 0 Å². The topological polar surface area (TPSA) is 111 Å².